The molecule has 1 unspecified atom stereocenters. The van der Waals surface area contributed by atoms with Gasteiger partial charge in [-0.25, -0.2) is 4.98 Å². The summed E-state index contributed by atoms with van der Waals surface area (Å²) in [7, 11) is 0. The van der Waals surface area contributed by atoms with Crippen LogP contribution in [-0.2, 0) is 6.54 Å². The van der Waals surface area contributed by atoms with E-state index in [0.717, 1.165) is 28.9 Å². The minimum Gasteiger partial charge on any atom is -0.383 e. The highest BCUT2D eigenvalue weighted by Crippen LogP contribution is 2.20. The first-order valence-corrected chi connectivity index (χ1v) is 6.48. The molecule has 4 nitrogen and oxygen atoms in total. The fraction of sp³-hybridized carbons (Fsp3) is 0.636. The molecule has 1 saturated heterocycles. The fourth-order valence-electron chi connectivity index (χ4n) is 2.13. The van der Waals surface area contributed by atoms with Crippen LogP contribution in [0.2, 0.25) is 0 Å². The van der Waals surface area contributed by atoms with E-state index in [9.17, 15) is 0 Å². The van der Waals surface area contributed by atoms with Crippen molar-refractivity contribution in [3.8, 4) is 0 Å². The smallest absolute Gasteiger partial charge is 0.134 e. The Morgan fingerprint density at radius 3 is 3.19 bits per heavy atom. The lowest BCUT2D eigenvalue weighted by Gasteiger charge is -2.29. The second kappa shape index (κ2) is 4.93. The van der Waals surface area contributed by atoms with Gasteiger partial charge in [0.1, 0.15) is 10.8 Å². The molecule has 0 aliphatic carbocycles. The predicted molar refractivity (Wildman–Crippen MR) is 66.8 cm³/mol. The summed E-state index contributed by atoms with van der Waals surface area (Å²) in [5.74, 6) is 0.914. The quantitative estimate of drug-likeness (QED) is 0.621. The fourth-order valence-corrected chi connectivity index (χ4v) is 2.95. The van der Waals surface area contributed by atoms with Crippen molar-refractivity contribution >= 4 is 17.2 Å². The van der Waals surface area contributed by atoms with Crippen molar-refractivity contribution in [2.45, 2.75) is 26.3 Å². The van der Waals surface area contributed by atoms with Crippen molar-refractivity contribution in [3.05, 3.63) is 16.1 Å². The van der Waals surface area contributed by atoms with Crippen LogP contribution >= 0.6 is 11.3 Å². The zero-order valence-corrected chi connectivity index (χ0v) is 10.4. The van der Waals surface area contributed by atoms with E-state index in [0.29, 0.717) is 0 Å². The largest absolute Gasteiger partial charge is 0.383 e. The van der Waals surface area contributed by atoms with Crippen molar-refractivity contribution in [1.82, 2.24) is 9.88 Å². The standard InChI is InChI=1S/C11H18N4S/c1-8-3-2-4-15(6-8)7-10-14-5-9(16-10)11(12)13/h5,8H,2-4,6-7H2,1H3,(H3,12,13). The van der Waals surface area contributed by atoms with Crippen LogP contribution < -0.4 is 5.73 Å². The third-order valence-electron chi connectivity index (χ3n) is 2.92. The monoisotopic (exact) mass is 238 g/mol. The van der Waals surface area contributed by atoms with Crippen molar-refractivity contribution in [3.63, 3.8) is 0 Å². The molecule has 0 amide bonds. The van der Waals surface area contributed by atoms with E-state index in [-0.39, 0.29) is 5.84 Å². The van der Waals surface area contributed by atoms with Crippen molar-refractivity contribution in [2.75, 3.05) is 13.1 Å². The maximum Gasteiger partial charge on any atom is 0.134 e. The molecule has 1 atom stereocenters. The average Bonchev–Trinajstić information content (AvgIpc) is 2.66. The molecule has 1 aromatic heterocycles. The first-order chi connectivity index (χ1) is 7.65. The van der Waals surface area contributed by atoms with Gasteiger partial charge >= 0.3 is 0 Å². The van der Waals surface area contributed by atoms with Crippen LogP contribution in [-0.4, -0.2) is 28.8 Å². The zero-order valence-electron chi connectivity index (χ0n) is 9.57. The Balaban J connectivity index is 1.95. The number of hydrogen-bond acceptors (Lipinski definition) is 4. The summed E-state index contributed by atoms with van der Waals surface area (Å²) in [6.45, 7) is 5.53. The summed E-state index contributed by atoms with van der Waals surface area (Å²) >= 11 is 1.53. The first-order valence-electron chi connectivity index (χ1n) is 5.66. The van der Waals surface area contributed by atoms with Crippen molar-refractivity contribution in [2.24, 2.45) is 11.7 Å². The Hall–Kier alpha value is -0.940. The number of amidine groups is 1. The van der Waals surface area contributed by atoms with Crippen LogP contribution in [0.15, 0.2) is 6.20 Å². The molecule has 1 aliphatic heterocycles. The summed E-state index contributed by atoms with van der Waals surface area (Å²) in [5, 5.41) is 8.40. The maximum absolute atomic E-state index is 7.33. The number of nitrogens with zero attached hydrogens (tertiary/aromatic N) is 2. The van der Waals surface area contributed by atoms with E-state index in [1.54, 1.807) is 6.20 Å². The van der Waals surface area contributed by atoms with Crippen LogP contribution in [0.1, 0.15) is 29.7 Å². The number of thiazole rings is 1. The number of nitrogens with two attached hydrogens (primary N) is 1. The number of likely N-dealkylation sites (tertiary alicyclic amines) is 1. The number of aromatic nitrogens is 1. The topological polar surface area (TPSA) is 66.0 Å². The van der Waals surface area contributed by atoms with Crippen LogP contribution in [0.4, 0.5) is 0 Å². The molecule has 16 heavy (non-hydrogen) atoms. The lowest BCUT2D eigenvalue weighted by molar-refractivity contribution is 0.176. The Labute approximate surface area is 100.0 Å². The maximum atomic E-state index is 7.33. The lowest BCUT2D eigenvalue weighted by Crippen LogP contribution is -2.33. The minimum atomic E-state index is 0.121. The summed E-state index contributed by atoms with van der Waals surface area (Å²) in [4.78, 5) is 7.53. The highest BCUT2D eigenvalue weighted by atomic mass is 32.1. The minimum absolute atomic E-state index is 0.121. The van der Waals surface area contributed by atoms with Gasteiger partial charge in [0.25, 0.3) is 0 Å². The van der Waals surface area contributed by atoms with Gasteiger partial charge < -0.3 is 5.73 Å². The summed E-state index contributed by atoms with van der Waals surface area (Å²) in [5.41, 5.74) is 5.42. The highest BCUT2D eigenvalue weighted by Gasteiger charge is 2.17. The summed E-state index contributed by atoms with van der Waals surface area (Å²) in [6, 6.07) is 0. The first kappa shape index (κ1) is 11.5. The Morgan fingerprint density at radius 1 is 1.75 bits per heavy atom. The van der Waals surface area contributed by atoms with E-state index < -0.39 is 0 Å². The third-order valence-corrected chi connectivity index (χ3v) is 3.93. The predicted octanol–water partition coefficient (Wildman–Crippen LogP) is 1.66. The Morgan fingerprint density at radius 2 is 2.56 bits per heavy atom. The molecule has 3 N–H and O–H groups in total. The lowest BCUT2D eigenvalue weighted by atomic mass is 10.0. The molecule has 0 radical (unpaired) electrons. The van der Waals surface area contributed by atoms with Crippen LogP contribution in [0.3, 0.4) is 0 Å². The molecule has 0 aromatic carbocycles. The van der Waals surface area contributed by atoms with Crippen LogP contribution in [0, 0.1) is 11.3 Å². The van der Waals surface area contributed by atoms with Crippen molar-refractivity contribution in [1.29, 1.82) is 5.41 Å². The molecule has 0 saturated carbocycles. The van der Waals surface area contributed by atoms with E-state index >= 15 is 0 Å². The molecule has 88 valence electrons. The van der Waals surface area contributed by atoms with Gasteiger partial charge in [0.15, 0.2) is 0 Å². The van der Waals surface area contributed by atoms with Crippen LogP contribution in [0.25, 0.3) is 0 Å². The second-order valence-corrected chi connectivity index (χ2v) is 5.63. The van der Waals surface area contributed by atoms with Gasteiger partial charge in [-0.05, 0) is 25.3 Å². The molecule has 2 rings (SSSR count). The molecule has 0 spiro atoms. The van der Waals surface area contributed by atoms with Gasteiger partial charge in [0, 0.05) is 12.7 Å². The number of nitrogens with one attached hydrogen (secondary N) is 1. The van der Waals surface area contributed by atoms with Gasteiger partial charge in [-0.2, -0.15) is 0 Å². The average molecular weight is 238 g/mol. The van der Waals surface area contributed by atoms with Gasteiger partial charge in [0.05, 0.1) is 11.4 Å². The highest BCUT2D eigenvalue weighted by molar-refractivity contribution is 7.13. The van der Waals surface area contributed by atoms with Gasteiger partial charge in [-0.3, -0.25) is 10.3 Å². The molecular formula is C11H18N4S. The normalized spacial score (nSPS) is 22.2. The number of hydrogen-bond donors (Lipinski definition) is 2. The third kappa shape index (κ3) is 2.80. The summed E-state index contributed by atoms with van der Waals surface area (Å²) < 4.78 is 0. The SMILES string of the molecule is CC1CCCN(Cc2ncc(C(=N)N)s2)C1. The summed E-state index contributed by atoms with van der Waals surface area (Å²) in [6.07, 6.45) is 4.33. The molecule has 5 heteroatoms. The van der Waals surface area contributed by atoms with E-state index in [1.165, 1.54) is 30.7 Å². The molecule has 0 bridgehead atoms. The molecule has 1 aliphatic rings. The number of nitrogen functional groups attached to an aromatic ring is 1. The zero-order chi connectivity index (χ0) is 11.5. The Kier molecular flexibility index (Phi) is 3.56. The second-order valence-electron chi connectivity index (χ2n) is 4.51. The van der Waals surface area contributed by atoms with E-state index in [1.807, 2.05) is 0 Å². The molecule has 2 heterocycles. The molecule has 1 aromatic rings. The van der Waals surface area contributed by atoms with Crippen LogP contribution in [0.5, 0.6) is 0 Å². The molecule has 1 fully saturated rings. The number of rotatable bonds is 3. The van der Waals surface area contributed by atoms with Crippen molar-refractivity contribution < 1.29 is 0 Å². The van der Waals surface area contributed by atoms with Gasteiger partial charge in [-0.1, -0.05) is 6.92 Å². The van der Waals surface area contributed by atoms with Gasteiger partial charge in [0.2, 0.25) is 0 Å². The van der Waals surface area contributed by atoms with E-state index in [4.69, 9.17) is 11.1 Å². The Bertz CT molecular complexity index is 374. The number of piperidine rings is 1. The van der Waals surface area contributed by atoms with Gasteiger partial charge in [-0.15, -0.1) is 11.3 Å². The van der Waals surface area contributed by atoms with E-state index in [2.05, 4.69) is 16.8 Å². The molecular weight excluding hydrogens is 220 g/mol.